The molecule has 18 heavy (non-hydrogen) atoms. The topological polar surface area (TPSA) is 32.7 Å². The third-order valence-corrected chi connectivity index (χ3v) is 3.34. The summed E-state index contributed by atoms with van der Waals surface area (Å²) in [6, 6.07) is 8.02. The molecule has 1 rings (SSSR count). The Morgan fingerprint density at radius 1 is 1.33 bits per heavy atom. The molecule has 1 atom stereocenters. The summed E-state index contributed by atoms with van der Waals surface area (Å²) in [6.07, 6.45) is 1.11. The molecule has 0 radical (unpaired) electrons. The molecule has 1 unspecified atom stereocenters. The van der Waals surface area contributed by atoms with Crippen molar-refractivity contribution in [1.29, 1.82) is 0 Å². The lowest BCUT2D eigenvalue weighted by Gasteiger charge is -2.24. The van der Waals surface area contributed by atoms with Gasteiger partial charge in [0, 0.05) is 26.9 Å². The first-order valence-electron chi connectivity index (χ1n) is 6.36. The number of nitrogens with zero attached hydrogens (tertiary/aromatic N) is 1. The fourth-order valence-electron chi connectivity index (χ4n) is 1.76. The molecule has 0 fully saturated rings. The van der Waals surface area contributed by atoms with Gasteiger partial charge in [0.25, 0.3) is 0 Å². The van der Waals surface area contributed by atoms with Crippen molar-refractivity contribution in [1.82, 2.24) is 0 Å². The molecule has 0 amide bonds. The molecule has 0 bridgehead atoms. The molecule has 0 aliphatic rings. The van der Waals surface area contributed by atoms with Crippen LogP contribution in [0.15, 0.2) is 24.3 Å². The molecule has 1 aromatic carbocycles. The summed E-state index contributed by atoms with van der Waals surface area (Å²) >= 11 is 0. The van der Waals surface area contributed by atoms with E-state index in [1.54, 1.807) is 7.11 Å². The second-order valence-electron chi connectivity index (χ2n) is 5.51. The molecule has 0 aliphatic carbocycles. The smallest absolute Gasteiger partial charge is 0.0791 e. The number of hydrogen-bond donors (Lipinski definition) is 1. The number of benzene rings is 1. The van der Waals surface area contributed by atoms with Crippen LogP contribution in [0.25, 0.3) is 0 Å². The third kappa shape index (κ3) is 4.31. The predicted molar refractivity (Wildman–Crippen MR) is 76.1 cm³/mol. The Balaban J connectivity index is 2.67. The summed E-state index contributed by atoms with van der Waals surface area (Å²) in [5, 5.41) is 10.2. The summed E-state index contributed by atoms with van der Waals surface area (Å²) < 4.78 is 5.37. The third-order valence-electron chi connectivity index (χ3n) is 3.34. The second kappa shape index (κ2) is 6.21. The highest BCUT2D eigenvalue weighted by Crippen LogP contribution is 2.26. The lowest BCUT2D eigenvalue weighted by Crippen LogP contribution is -2.23. The van der Waals surface area contributed by atoms with Crippen LogP contribution in [0.4, 0.5) is 5.69 Å². The van der Waals surface area contributed by atoms with Crippen LogP contribution in [0.1, 0.15) is 38.4 Å². The second-order valence-corrected chi connectivity index (χ2v) is 5.51. The van der Waals surface area contributed by atoms with E-state index in [2.05, 4.69) is 0 Å². The maximum atomic E-state index is 10.2. The molecular formula is C15H25NO2. The first-order valence-corrected chi connectivity index (χ1v) is 6.36. The average Bonchev–Trinajstić information content (AvgIpc) is 2.36. The van der Waals surface area contributed by atoms with Crippen LogP contribution in [0.3, 0.4) is 0 Å². The van der Waals surface area contributed by atoms with Crippen molar-refractivity contribution in [3.8, 4) is 0 Å². The first kappa shape index (κ1) is 15.0. The van der Waals surface area contributed by atoms with E-state index >= 15 is 0 Å². The molecule has 1 N–H and O–H groups in total. The Hall–Kier alpha value is -1.06. The normalized spacial score (nSPS) is 13.4. The van der Waals surface area contributed by atoms with E-state index in [9.17, 15) is 5.11 Å². The van der Waals surface area contributed by atoms with E-state index in [-0.39, 0.29) is 5.60 Å². The average molecular weight is 251 g/mol. The highest BCUT2D eigenvalue weighted by molar-refractivity contribution is 5.47. The van der Waals surface area contributed by atoms with Gasteiger partial charge in [0.2, 0.25) is 0 Å². The van der Waals surface area contributed by atoms with Crippen molar-refractivity contribution in [2.45, 2.75) is 38.4 Å². The zero-order chi connectivity index (χ0) is 13.8. The monoisotopic (exact) mass is 251 g/mol. The van der Waals surface area contributed by atoms with Gasteiger partial charge in [-0.3, -0.25) is 0 Å². The summed E-state index contributed by atoms with van der Waals surface area (Å²) in [6.45, 7) is 4.08. The molecule has 0 spiro atoms. The van der Waals surface area contributed by atoms with Gasteiger partial charge in [-0.25, -0.2) is 0 Å². The maximum absolute atomic E-state index is 10.2. The standard InChI is InChI=1S/C15H25NO2/c1-15(2,18-5)10-9-14(17)12-7-6-8-13(11-12)16(3)4/h6-8,11,14,17H,9-10H2,1-5H3. The molecule has 0 saturated carbocycles. The van der Waals surface area contributed by atoms with Crippen LogP contribution < -0.4 is 4.90 Å². The van der Waals surface area contributed by atoms with E-state index < -0.39 is 6.10 Å². The SMILES string of the molecule is COC(C)(C)CCC(O)c1cccc(N(C)C)c1. The van der Waals surface area contributed by atoms with Crippen molar-refractivity contribution in [2.75, 3.05) is 26.1 Å². The summed E-state index contributed by atoms with van der Waals surface area (Å²) in [5.74, 6) is 0. The van der Waals surface area contributed by atoms with Gasteiger partial charge in [-0.15, -0.1) is 0 Å². The van der Waals surface area contributed by atoms with Crippen LogP contribution in [0, 0.1) is 0 Å². The van der Waals surface area contributed by atoms with Gasteiger partial charge in [-0.2, -0.15) is 0 Å². The van der Waals surface area contributed by atoms with Gasteiger partial charge in [0.1, 0.15) is 0 Å². The fourth-order valence-corrected chi connectivity index (χ4v) is 1.76. The van der Waals surface area contributed by atoms with Crippen LogP contribution in [-0.4, -0.2) is 31.9 Å². The minimum atomic E-state index is -0.431. The highest BCUT2D eigenvalue weighted by atomic mass is 16.5. The van der Waals surface area contributed by atoms with Gasteiger partial charge < -0.3 is 14.7 Å². The Labute approximate surface area is 110 Å². The van der Waals surface area contributed by atoms with Crippen molar-refractivity contribution >= 4 is 5.69 Å². The Bertz CT molecular complexity index is 375. The van der Waals surface area contributed by atoms with E-state index in [1.165, 1.54) is 0 Å². The van der Waals surface area contributed by atoms with E-state index in [0.29, 0.717) is 6.42 Å². The van der Waals surface area contributed by atoms with Crippen molar-refractivity contribution in [3.05, 3.63) is 29.8 Å². The predicted octanol–water partition coefficient (Wildman–Crippen LogP) is 2.99. The van der Waals surface area contributed by atoms with Crippen molar-refractivity contribution < 1.29 is 9.84 Å². The minimum Gasteiger partial charge on any atom is -0.388 e. The zero-order valence-electron chi connectivity index (χ0n) is 12.1. The molecule has 3 nitrogen and oxygen atoms in total. The van der Waals surface area contributed by atoms with Crippen LogP contribution >= 0.6 is 0 Å². The Morgan fingerprint density at radius 3 is 2.56 bits per heavy atom. The van der Waals surface area contributed by atoms with E-state index in [0.717, 1.165) is 17.7 Å². The molecular weight excluding hydrogens is 226 g/mol. The highest BCUT2D eigenvalue weighted by Gasteiger charge is 2.19. The Morgan fingerprint density at radius 2 is 2.00 bits per heavy atom. The van der Waals surface area contributed by atoms with Crippen molar-refractivity contribution in [3.63, 3.8) is 0 Å². The Kier molecular flexibility index (Phi) is 5.17. The van der Waals surface area contributed by atoms with Crippen LogP contribution in [-0.2, 0) is 4.74 Å². The van der Waals surface area contributed by atoms with Crippen molar-refractivity contribution in [2.24, 2.45) is 0 Å². The first-order chi connectivity index (χ1) is 8.35. The molecule has 1 aromatic rings. The molecule has 3 heteroatoms. The van der Waals surface area contributed by atoms with Gasteiger partial charge in [0.15, 0.2) is 0 Å². The fraction of sp³-hybridized carbons (Fsp3) is 0.600. The number of aliphatic hydroxyl groups is 1. The quantitative estimate of drug-likeness (QED) is 0.843. The number of ether oxygens (including phenoxy) is 1. The van der Waals surface area contributed by atoms with E-state index in [1.807, 2.05) is 57.1 Å². The van der Waals surface area contributed by atoms with Gasteiger partial charge in [-0.05, 0) is 44.4 Å². The number of hydrogen-bond acceptors (Lipinski definition) is 3. The molecule has 0 saturated heterocycles. The van der Waals surface area contributed by atoms with E-state index in [4.69, 9.17) is 4.74 Å². The minimum absolute atomic E-state index is 0.180. The number of aliphatic hydroxyl groups excluding tert-OH is 1. The van der Waals surface area contributed by atoms with Crippen LogP contribution in [0.5, 0.6) is 0 Å². The summed E-state index contributed by atoms with van der Waals surface area (Å²) in [4.78, 5) is 2.04. The molecule has 102 valence electrons. The van der Waals surface area contributed by atoms with Gasteiger partial charge in [-0.1, -0.05) is 12.1 Å². The molecule has 0 heterocycles. The van der Waals surface area contributed by atoms with Crippen LogP contribution in [0.2, 0.25) is 0 Å². The summed E-state index contributed by atoms with van der Waals surface area (Å²) in [5.41, 5.74) is 1.89. The molecule has 0 aliphatic heterocycles. The summed E-state index contributed by atoms with van der Waals surface area (Å²) in [7, 11) is 5.71. The largest absolute Gasteiger partial charge is 0.388 e. The maximum Gasteiger partial charge on any atom is 0.0791 e. The number of rotatable bonds is 6. The van der Waals surface area contributed by atoms with Gasteiger partial charge in [0.05, 0.1) is 11.7 Å². The number of anilines is 1. The lowest BCUT2D eigenvalue weighted by molar-refractivity contribution is 0.00279. The number of methoxy groups -OCH3 is 1. The zero-order valence-corrected chi connectivity index (χ0v) is 12.1. The molecule has 0 aromatic heterocycles. The lowest BCUT2D eigenvalue weighted by atomic mass is 9.96. The van der Waals surface area contributed by atoms with Gasteiger partial charge >= 0.3 is 0 Å².